The van der Waals surface area contributed by atoms with E-state index in [1.165, 1.54) is 22.8 Å². The zero-order valence-electron chi connectivity index (χ0n) is 14.6. The van der Waals surface area contributed by atoms with Crippen molar-refractivity contribution in [2.45, 2.75) is 25.9 Å². The van der Waals surface area contributed by atoms with Crippen LogP contribution in [0.3, 0.4) is 0 Å². The summed E-state index contributed by atoms with van der Waals surface area (Å²) in [5, 5.41) is 3.04. The van der Waals surface area contributed by atoms with Crippen LogP contribution >= 0.6 is 11.8 Å². The van der Waals surface area contributed by atoms with Gasteiger partial charge in [0.15, 0.2) is 0 Å². The van der Waals surface area contributed by atoms with E-state index in [-0.39, 0.29) is 12.1 Å². The highest BCUT2D eigenvalue weighted by molar-refractivity contribution is 7.99. The SMILES string of the molecule is CO[C@@H]1CCCN(C(=O)Nc2ccc(N3CCSCC3)c(C)c2)C1. The number of urea groups is 1. The van der Waals surface area contributed by atoms with E-state index in [2.05, 4.69) is 29.3 Å². The average molecular weight is 350 g/mol. The lowest BCUT2D eigenvalue weighted by atomic mass is 10.1. The molecule has 132 valence electrons. The molecule has 2 aliphatic heterocycles. The van der Waals surface area contributed by atoms with Crippen LogP contribution in [0.4, 0.5) is 16.2 Å². The van der Waals surface area contributed by atoms with Crippen LogP contribution in [-0.4, -0.2) is 61.8 Å². The van der Waals surface area contributed by atoms with Crippen molar-refractivity contribution in [1.82, 2.24) is 4.90 Å². The number of likely N-dealkylation sites (tertiary alicyclic amines) is 1. The van der Waals surface area contributed by atoms with Gasteiger partial charge in [0.05, 0.1) is 6.10 Å². The standard InChI is InChI=1S/C18H27N3O2S/c1-14-12-15(5-6-17(14)20-8-10-24-11-9-20)19-18(22)21-7-3-4-16(13-21)23-2/h5-6,12,16H,3-4,7-11,13H2,1-2H3,(H,19,22)/t16-/m1/s1. The maximum Gasteiger partial charge on any atom is 0.321 e. The van der Waals surface area contributed by atoms with Crippen LogP contribution in [0.15, 0.2) is 18.2 Å². The Morgan fingerprint density at radius 1 is 1.29 bits per heavy atom. The molecule has 2 aliphatic rings. The Bertz CT molecular complexity index is 575. The quantitative estimate of drug-likeness (QED) is 0.910. The lowest BCUT2D eigenvalue weighted by Gasteiger charge is -2.32. The molecule has 2 amide bonds. The number of piperidine rings is 1. The second-order valence-electron chi connectivity index (χ2n) is 6.48. The fourth-order valence-corrected chi connectivity index (χ4v) is 4.31. The Balaban J connectivity index is 1.62. The van der Waals surface area contributed by atoms with Crippen molar-refractivity contribution >= 4 is 29.2 Å². The second kappa shape index (κ2) is 8.12. The van der Waals surface area contributed by atoms with Crippen molar-refractivity contribution in [2.24, 2.45) is 0 Å². The molecule has 0 aromatic heterocycles. The fraction of sp³-hybridized carbons (Fsp3) is 0.611. The number of rotatable bonds is 3. The Morgan fingerprint density at radius 3 is 2.79 bits per heavy atom. The van der Waals surface area contributed by atoms with Crippen LogP contribution in [0.25, 0.3) is 0 Å². The molecule has 0 aliphatic carbocycles. The molecule has 0 saturated carbocycles. The summed E-state index contributed by atoms with van der Waals surface area (Å²) in [7, 11) is 1.72. The molecule has 0 spiro atoms. The molecule has 1 aromatic rings. The number of hydrogen-bond acceptors (Lipinski definition) is 4. The van der Waals surface area contributed by atoms with Crippen LogP contribution in [0.5, 0.6) is 0 Å². The fourth-order valence-electron chi connectivity index (χ4n) is 3.41. The van der Waals surface area contributed by atoms with Gasteiger partial charge in [-0.25, -0.2) is 4.79 Å². The molecular formula is C18H27N3O2S. The maximum atomic E-state index is 12.5. The van der Waals surface area contributed by atoms with E-state index < -0.39 is 0 Å². The number of carbonyl (C=O) groups excluding carboxylic acids is 1. The van der Waals surface area contributed by atoms with Gasteiger partial charge in [-0.2, -0.15) is 11.8 Å². The predicted octanol–water partition coefficient (Wildman–Crippen LogP) is 3.19. The van der Waals surface area contributed by atoms with E-state index in [9.17, 15) is 4.79 Å². The number of carbonyl (C=O) groups is 1. The first kappa shape index (κ1) is 17.4. The van der Waals surface area contributed by atoms with Crippen molar-refractivity contribution in [2.75, 3.05) is 55.0 Å². The van der Waals surface area contributed by atoms with Gasteiger partial charge in [-0.1, -0.05) is 0 Å². The van der Waals surface area contributed by atoms with Gasteiger partial charge in [0.25, 0.3) is 0 Å². The minimum Gasteiger partial charge on any atom is -0.380 e. The molecule has 2 fully saturated rings. The first-order valence-electron chi connectivity index (χ1n) is 8.69. The Hall–Kier alpha value is -1.40. The minimum atomic E-state index is -0.0294. The first-order chi connectivity index (χ1) is 11.7. The number of nitrogens with one attached hydrogen (secondary N) is 1. The van der Waals surface area contributed by atoms with Crippen molar-refractivity contribution < 1.29 is 9.53 Å². The molecule has 0 radical (unpaired) electrons. The summed E-state index contributed by atoms with van der Waals surface area (Å²) in [5.74, 6) is 2.38. The molecule has 5 nitrogen and oxygen atoms in total. The van der Waals surface area contributed by atoms with E-state index in [1.54, 1.807) is 7.11 Å². The summed E-state index contributed by atoms with van der Waals surface area (Å²) in [5.41, 5.74) is 3.37. The van der Waals surface area contributed by atoms with Gasteiger partial charge in [0.1, 0.15) is 0 Å². The van der Waals surface area contributed by atoms with Crippen molar-refractivity contribution in [1.29, 1.82) is 0 Å². The molecule has 1 N–H and O–H groups in total. The second-order valence-corrected chi connectivity index (χ2v) is 7.70. The third-order valence-electron chi connectivity index (χ3n) is 4.80. The molecule has 0 bridgehead atoms. The van der Waals surface area contributed by atoms with E-state index >= 15 is 0 Å². The molecule has 0 unspecified atom stereocenters. The number of anilines is 2. The number of amides is 2. The van der Waals surface area contributed by atoms with Gasteiger partial charge < -0.3 is 19.9 Å². The van der Waals surface area contributed by atoms with Gasteiger partial charge in [-0.3, -0.25) is 0 Å². The summed E-state index contributed by atoms with van der Waals surface area (Å²) in [6.45, 7) is 5.79. The molecule has 1 aromatic carbocycles. The number of nitrogens with zero attached hydrogens (tertiary/aromatic N) is 2. The normalized spacial score (nSPS) is 21.7. The van der Waals surface area contributed by atoms with Crippen LogP contribution < -0.4 is 10.2 Å². The molecule has 24 heavy (non-hydrogen) atoms. The van der Waals surface area contributed by atoms with Gasteiger partial charge in [-0.05, 0) is 43.5 Å². The lowest BCUT2D eigenvalue weighted by molar-refractivity contribution is 0.0458. The highest BCUT2D eigenvalue weighted by Gasteiger charge is 2.23. The highest BCUT2D eigenvalue weighted by atomic mass is 32.2. The maximum absolute atomic E-state index is 12.5. The average Bonchev–Trinajstić information content (AvgIpc) is 2.62. The van der Waals surface area contributed by atoms with Crippen molar-refractivity contribution in [3.63, 3.8) is 0 Å². The zero-order chi connectivity index (χ0) is 16.9. The predicted molar refractivity (Wildman–Crippen MR) is 101 cm³/mol. The van der Waals surface area contributed by atoms with Crippen LogP contribution in [0.1, 0.15) is 18.4 Å². The minimum absolute atomic E-state index is 0.0294. The van der Waals surface area contributed by atoms with Crippen molar-refractivity contribution in [3.05, 3.63) is 23.8 Å². The Labute approximate surface area is 148 Å². The van der Waals surface area contributed by atoms with Gasteiger partial charge in [-0.15, -0.1) is 0 Å². The van der Waals surface area contributed by atoms with Crippen LogP contribution in [0.2, 0.25) is 0 Å². The van der Waals surface area contributed by atoms with E-state index in [4.69, 9.17) is 4.74 Å². The number of benzene rings is 1. The summed E-state index contributed by atoms with van der Waals surface area (Å²) in [6.07, 6.45) is 2.18. The van der Waals surface area contributed by atoms with Crippen molar-refractivity contribution in [3.8, 4) is 0 Å². The summed E-state index contributed by atoms with van der Waals surface area (Å²) in [6, 6.07) is 6.19. The monoisotopic (exact) mass is 349 g/mol. The molecular weight excluding hydrogens is 322 g/mol. The number of methoxy groups -OCH3 is 1. The lowest BCUT2D eigenvalue weighted by Crippen LogP contribution is -2.44. The van der Waals surface area contributed by atoms with Gasteiger partial charge in [0, 0.05) is 56.2 Å². The molecule has 2 heterocycles. The van der Waals surface area contributed by atoms with E-state index in [0.717, 1.165) is 38.2 Å². The summed E-state index contributed by atoms with van der Waals surface area (Å²) in [4.78, 5) is 16.8. The Morgan fingerprint density at radius 2 is 2.08 bits per heavy atom. The highest BCUT2D eigenvalue weighted by Crippen LogP contribution is 2.26. The molecule has 2 saturated heterocycles. The third-order valence-corrected chi connectivity index (χ3v) is 5.74. The number of aryl methyl sites for hydroxylation is 1. The van der Waals surface area contributed by atoms with Gasteiger partial charge >= 0.3 is 6.03 Å². The van der Waals surface area contributed by atoms with Gasteiger partial charge in [0.2, 0.25) is 0 Å². The molecule has 1 atom stereocenters. The first-order valence-corrected chi connectivity index (χ1v) is 9.85. The number of thioether (sulfide) groups is 1. The Kier molecular flexibility index (Phi) is 5.89. The van der Waals surface area contributed by atoms with E-state index in [0.29, 0.717) is 6.54 Å². The topological polar surface area (TPSA) is 44.8 Å². The van der Waals surface area contributed by atoms with E-state index in [1.807, 2.05) is 22.7 Å². The zero-order valence-corrected chi connectivity index (χ0v) is 15.4. The molecule has 3 rings (SSSR count). The largest absolute Gasteiger partial charge is 0.380 e. The smallest absolute Gasteiger partial charge is 0.321 e. The summed E-state index contributed by atoms with van der Waals surface area (Å²) < 4.78 is 5.39. The van der Waals surface area contributed by atoms with Crippen LogP contribution in [0, 0.1) is 6.92 Å². The third kappa shape index (κ3) is 4.16. The molecule has 6 heteroatoms. The number of ether oxygens (including phenoxy) is 1. The summed E-state index contributed by atoms with van der Waals surface area (Å²) >= 11 is 2.01. The number of hydrogen-bond donors (Lipinski definition) is 1. The van der Waals surface area contributed by atoms with Crippen LogP contribution in [-0.2, 0) is 4.74 Å².